The normalized spacial score (nSPS) is 16.9. The number of allylic oxidation sites excluding steroid dienone is 1. The monoisotopic (exact) mass is 339 g/mol. The number of nitrogens with one attached hydrogen (secondary N) is 1. The molecule has 3 heteroatoms. The van der Waals surface area contributed by atoms with E-state index in [1.807, 2.05) is 6.07 Å². The van der Waals surface area contributed by atoms with Crippen LogP contribution in [0.2, 0.25) is 0 Å². The second-order valence-corrected chi connectivity index (χ2v) is 6.42. The van der Waals surface area contributed by atoms with Gasteiger partial charge in [0, 0.05) is 10.5 Å². The molecule has 0 radical (unpaired) electrons. The number of hydrogen-bond donors (Lipinski definition) is 1. The lowest BCUT2D eigenvalue weighted by molar-refractivity contribution is 0.492. The van der Waals surface area contributed by atoms with Gasteiger partial charge < -0.3 is 5.32 Å². The fourth-order valence-electron chi connectivity index (χ4n) is 2.88. The molecule has 20 heavy (non-hydrogen) atoms. The van der Waals surface area contributed by atoms with Crippen molar-refractivity contribution in [1.29, 1.82) is 0 Å². The van der Waals surface area contributed by atoms with Crippen molar-refractivity contribution in [1.82, 2.24) is 5.32 Å². The standard InChI is InChI=1S/C17H23BrFN/c1-2-20-16(10-13-6-4-3-5-7-13)12-14-11-15(18)8-9-17(14)19/h6,8-9,11,16,20H,2-5,7,10,12H2,1H3. The Kier molecular flexibility index (Phi) is 6.24. The van der Waals surface area contributed by atoms with Gasteiger partial charge in [0.1, 0.15) is 5.82 Å². The summed E-state index contributed by atoms with van der Waals surface area (Å²) in [6.45, 7) is 3.03. The molecule has 1 N–H and O–H groups in total. The van der Waals surface area contributed by atoms with Crippen LogP contribution in [0.25, 0.3) is 0 Å². The van der Waals surface area contributed by atoms with Crippen molar-refractivity contribution in [2.24, 2.45) is 0 Å². The highest BCUT2D eigenvalue weighted by Crippen LogP contribution is 2.24. The summed E-state index contributed by atoms with van der Waals surface area (Å²) in [7, 11) is 0. The maximum absolute atomic E-state index is 13.9. The fraction of sp³-hybridized carbons (Fsp3) is 0.529. The van der Waals surface area contributed by atoms with E-state index in [9.17, 15) is 4.39 Å². The fourth-order valence-corrected chi connectivity index (χ4v) is 3.29. The third kappa shape index (κ3) is 4.71. The summed E-state index contributed by atoms with van der Waals surface area (Å²) in [6.07, 6.45) is 9.20. The number of hydrogen-bond acceptors (Lipinski definition) is 1. The zero-order chi connectivity index (χ0) is 14.4. The van der Waals surface area contributed by atoms with Crippen LogP contribution in [0.3, 0.4) is 0 Å². The van der Waals surface area contributed by atoms with Gasteiger partial charge in [-0.15, -0.1) is 0 Å². The summed E-state index contributed by atoms with van der Waals surface area (Å²) >= 11 is 3.43. The van der Waals surface area contributed by atoms with Crippen molar-refractivity contribution in [3.05, 3.63) is 45.7 Å². The van der Waals surface area contributed by atoms with Crippen LogP contribution in [0.1, 0.15) is 44.6 Å². The first-order chi connectivity index (χ1) is 9.69. The van der Waals surface area contributed by atoms with Crippen LogP contribution in [-0.4, -0.2) is 12.6 Å². The molecule has 0 bridgehead atoms. The van der Waals surface area contributed by atoms with E-state index in [0.29, 0.717) is 6.04 Å². The third-order valence-corrected chi connectivity index (χ3v) is 4.35. The molecule has 1 unspecified atom stereocenters. The SMILES string of the molecule is CCNC(CC1=CCCCC1)Cc1cc(Br)ccc1F. The molecule has 0 aromatic heterocycles. The van der Waals surface area contributed by atoms with Gasteiger partial charge in [0.05, 0.1) is 0 Å². The van der Waals surface area contributed by atoms with Crippen molar-refractivity contribution < 1.29 is 4.39 Å². The molecule has 0 aliphatic heterocycles. The van der Waals surface area contributed by atoms with Crippen LogP contribution in [0.5, 0.6) is 0 Å². The van der Waals surface area contributed by atoms with E-state index >= 15 is 0 Å². The Balaban J connectivity index is 2.04. The molecule has 0 heterocycles. The summed E-state index contributed by atoms with van der Waals surface area (Å²) in [5.74, 6) is -0.103. The Labute approximate surface area is 129 Å². The molecule has 0 spiro atoms. The summed E-state index contributed by atoms with van der Waals surface area (Å²) < 4.78 is 14.8. The molecule has 0 amide bonds. The molecular formula is C17H23BrFN. The van der Waals surface area contributed by atoms with Crippen LogP contribution >= 0.6 is 15.9 Å². The van der Waals surface area contributed by atoms with Gasteiger partial charge in [-0.2, -0.15) is 0 Å². The van der Waals surface area contributed by atoms with E-state index in [-0.39, 0.29) is 5.82 Å². The lowest BCUT2D eigenvalue weighted by atomic mass is 9.91. The Morgan fingerprint density at radius 2 is 2.15 bits per heavy atom. The average molecular weight is 340 g/mol. The van der Waals surface area contributed by atoms with Gasteiger partial charge in [0.2, 0.25) is 0 Å². The van der Waals surface area contributed by atoms with Gasteiger partial charge in [-0.3, -0.25) is 0 Å². The molecule has 0 saturated heterocycles. The molecule has 1 nitrogen and oxygen atoms in total. The third-order valence-electron chi connectivity index (χ3n) is 3.86. The molecule has 1 aromatic rings. The highest BCUT2D eigenvalue weighted by Gasteiger charge is 2.15. The predicted octanol–water partition coefficient (Wildman–Crippen LogP) is 5.00. The lowest BCUT2D eigenvalue weighted by Gasteiger charge is -2.22. The van der Waals surface area contributed by atoms with Crippen molar-refractivity contribution in [2.45, 2.75) is 51.5 Å². The topological polar surface area (TPSA) is 12.0 Å². The van der Waals surface area contributed by atoms with Gasteiger partial charge in [0.15, 0.2) is 0 Å². The molecule has 1 atom stereocenters. The van der Waals surface area contributed by atoms with Crippen molar-refractivity contribution >= 4 is 15.9 Å². The summed E-state index contributed by atoms with van der Waals surface area (Å²) in [6, 6.07) is 5.52. The van der Waals surface area contributed by atoms with E-state index in [1.54, 1.807) is 12.1 Å². The minimum atomic E-state index is -0.103. The maximum atomic E-state index is 13.9. The first-order valence-electron chi connectivity index (χ1n) is 7.54. The minimum Gasteiger partial charge on any atom is -0.314 e. The quantitative estimate of drug-likeness (QED) is 0.719. The number of rotatable bonds is 6. The second kappa shape index (κ2) is 7.94. The second-order valence-electron chi connectivity index (χ2n) is 5.51. The van der Waals surface area contributed by atoms with Crippen molar-refractivity contribution in [2.75, 3.05) is 6.54 Å². The van der Waals surface area contributed by atoms with Crippen molar-refractivity contribution in [3.8, 4) is 0 Å². The van der Waals surface area contributed by atoms with Crippen LogP contribution in [0.15, 0.2) is 34.3 Å². The van der Waals surface area contributed by atoms with Crippen LogP contribution in [-0.2, 0) is 6.42 Å². The van der Waals surface area contributed by atoms with Crippen molar-refractivity contribution in [3.63, 3.8) is 0 Å². The first kappa shape index (κ1) is 15.7. The summed E-state index contributed by atoms with van der Waals surface area (Å²) in [5, 5.41) is 3.50. The van der Waals surface area contributed by atoms with Crippen LogP contribution < -0.4 is 5.32 Å². The van der Waals surface area contributed by atoms with E-state index in [0.717, 1.165) is 29.4 Å². The van der Waals surface area contributed by atoms with Gasteiger partial charge in [-0.05, 0) is 68.8 Å². The zero-order valence-electron chi connectivity index (χ0n) is 12.1. The van der Waals surface area contributed by atoms with Gasteiger partial charge in [-0.25, -0.2) is 4.39 Å². The zero-order valence-corrected chi connectivity index (χ0v) is 13.7. The largest absolute Gasteiger partial charge is 0.314 e. The number of likely N-dealkylation sites (N-methyl/N-ethyl adjacent to an activating group) is 1. The minimum absolute atomic E-state index is 0.103. The average Bonchev–Trinajstić information content (AvgIpc) is 2.44. The number of halogens is 2. The molecule has 110 valence electrons. The highest BCUT2D eigenvalue weighted by molar-refractivity contribution is 9.10. The predicted molar refractivity (Wildman–Crippen MR) is 86.4 cm³/mol. The van der Waals surface area contributed by atoms with E-state index in [4.69, 9.17) is 0 Å². The molecule has 1 aliphatic rings. The molecule has 1 aliphatic carbocycles. The van der Waals surface area contributed by atoms with Crippen LogP contribution in [0.4, 0.5) is 4.39 Å². The van der Waals surface area contributed by atoms with Gasteiger partial charge in [0.25, 0.3) is 0 Å². The van der Waals surface area contributed by atoms with E-state index in [2.05, 4.69) is 34.2 Å². The summed E-state index contributed by atoms with van der Waals surface area (Å²) in [5.41, 5.74) is 2.33. The summed E-state index contributed by atoms with van der Waals surface area (Å²) in [4.78, 5) is 0. The van der Waals surface area contributed by atoms with E-state index < -0.39 is 0 Å². The Hall–Kier alpha value is -0.670. The maximum Gasteiger partial charge on any atom is 0.126 e. The Bertz CT molecular complexity index is 470. The molecule has 1 aromatic carbocycles. The smallest absolute Gasteiger partial charge is 0.126 e. The van der Waals surface area contributed by atoms with Gasteiger partial charge >= 0.3 is 0 Å². The molecule has 0 fully saturated rings. The van der Waals surface area contributed by atoms with Gasteiger partial charge in [-0.1, -0.05) is 34.5 Å². The lowest BCUT2D eigenvalue weighted by Crippen LogP contribution is -2.32. The Morgan fingerprint density at radius 1 is 1.30 bits per heavy atom. The van der Waals surface area contributed by atoms with E-state index in [1.165, 1.54) is 31.3 Å². The Morgan fingerprint density at radius 3 is 2.85 bits per heavy atom. The van der Waals surface area contributed by atoms with Crippen LogP contribution in [0, 0.1) is 5.82 Å². The molecular weight excluding hydrogens is 317 g/mol. The number of benzene rings is 1. The molecule has 0 saturated carbocycles. The highest BCUT2D eigenvalue weighted by atomic mass is 79.9. The molecule has 2 rings (SSSR count). The first-order valence-corrected chi connectivity index (χ1v) is 8.33.